The zero-order valence-electron chi connectivity index (χ0n) is 25.1. The Morgan fingerprint density at radius 2 is 1.02 bits per heavy atom. The van der Waals surface area contributed by atoms with Gasteiger partial charge in [-0.15, -0.1) is 0 Å². The molecule has 4 saturated carbocycles. The number of benzene rings is 4. The maximum Gasteiger partial charge on any atom is -1.00 e. The predicted molar refractivity (Wildman–Crippen MR) is 171 cm³/mol. The molecule has 10 rings (SSSR count). The van der Waals surface area contributed by atoms with E-state index in [9.17, 15) is 0 Å². The fourth-order valence-corrected chi connectivity index (χ4v) is 20.1. The topological polar surface area (TPSA) is 0 Å². The number of hydrogen-bond acceptors (Lipinski definition) is 0. The molecule has 0 spiro atoms. The standard InChI is InChI=1S/C15H19.C13H9.C13H10.2ClH.Zr/c1-2-4-14(3-1)15-8-11-5-12(9-15)7-13(6-11)10-15;1-3-7-12-10(5-1)9-11-6-2-4-8-13(11)12;1-3-7-12(8-4-1)11-13-9-5-2-6-10-13;;;/h1,3,11-13H,2,5-10H2;1-9H;1-10H;2*1H;/q;;;;;+2/p-2. The van der Waals surface area contributed by atoms with Crippen LogP contribution in [0.3, 0.4) is 0 Å². The summed E-state index contributed by atoms with van der Waals surface area (Å²) in [6, 6.07) is 41.9. The smallest absolute Gasteiger partial charge is 1.00 e. The normalized spacial score (nSPS) is 25.5. The van der Waals surface area contributed by atoms with Crippen LogP contribution in [0, 0.1) is 23.2 Å². The van der Waals surface area contributed by atoms with Crippen molar-refractivity contribution in [3.63, 3.8) is 0 Å². The van der Waals surface area contributed by atoms with E-state index in [2.05, 4.69) is 121 Å². The maximum absolute atomic E-state index is 2.71. The van der Waals surface area contributed by atoms with Crippen molar-refractivity contribution in [3.8, 4) is 11.1 Å². The number of hydrogen-bond donors (Lipinski definition) is 0. The molecule has 6 aliphatic rings. The largest absolute Gasteiger partial charge is 1.00 e. The third-order valence-electron chi connectivity index (χ3n) is 11.4. The molecule has 0 saturated heterocycles. The van der Waals surface area contributed by atoms with Crippen LogP contribution >= 0.6 is 0 Å². The predicted octanol–water partition coefficient (Wildman–Crippen LogP) is 4.08. The number of rotatable bonds is 5. The van der Waals surface area contributed by atoms with Crippen LogP contribution in [0.25, 0.3) is 11.1 Å². The fraction of sp³-hybridized carbons (Fsp3) is 0.293. The Hall–Kier alpha value is -2.31. The summed E-state index contributed by atoms with van der Waals surface area (Å²) in [5.41, 5.74) is 11.3. The van der Waals surface area contributed by atoms with Gasteiger partial charge in [0.15, 0.2) is 0 Å². The van der Waals surface area contributed by atoms with Gasteiger partial charge >= 0.3 is 260 Å². The van der Waals surface area contributed by atoms with Gasteiger partial charge in [0.2, 0.25) is 0 Å². The van der Waals surface area contributed by atoms with Gasteiger partial charge in [-0.3, -0.25) is 0 Å². The van der Waals surface area contributed by atoms with E-state index in [-0.39, 0.29) is 24.8 Å². The summed E-state index contributed by atoms with van der Waals surface area (Å²) in [5.74, 6) is 2.89. The minimum Gasteiger partial charge on any atom is -1.00 e. The quantitative estimate of drug-likeness (QED) is 0.296. The molecule has 3 heteroatoms. The van der Waals surface area contributed by atoms with E-state index in [4.69, 9.17) is 0 Å². The summed E-state index contributed by atoms with van der Waals surface area (Å²) in [4.78, 5) is 0. The van der Waals surface area contributed by atoms with Crippen molar-refractivity contribution in [1.82, 2.24) is 0 Å². The Morgan fingerprint density at radius 1 is 0.568 bits per heavy atom. The molecule has 6 aliphatic carbocycles. The Bertz CT molecular complexity index is 1660. The molecule has 0 unspecified atom stereocenters. The van der Waals surface area contributed by atoms with Gasteiger partial charge in [0.05, 0.1) is 0 Å². The van der Waals surface area contributed by atoms with Crippen LogP contribution in [0.2, 0.25) is 0 Å². The minimum absolute atomic E-state index is 0. The Labute approximate surface area is 282 Å². The number of allylic oxidation sites excluding steroid dienone is 4. The number of halogens is 2. The Morgan fingerprint density at radius 3 is 1.52 bits per heavy atom. The Kier molecular flexibility index (Phi) is 8.37. The summed E-state index contributed by atoms with van der Waals surface area (Å²) < 4.78 is 4.09. The van der Waals surface area contributed by atoms with Crippen molar-refractivity contribution in [1.29, 1.82) is 0 Å². The van der Waals surface area contributed by atoms with Crippen LogP contribution in [0.4, 0.5) is 0 Å². The van der Waals surface area contributed by atoms with E-state index in [0.29, 0.717) is 9.04 Å². The Balaban J connectivity index is 0.00000156. The van der Waals surface area contributed by atoms with Crippen molar-refractivity contribution >= 4 is 3.21 Å². The van der Waals surface area contributed by atoms with Gasteiger partial charge in [0, 0.05) is 0 Å². The summed E-state index contributed by atoms with van der Waals surface area (Å²) in [6.07, 6.45) is 15.3. The molecule has 0 nitrogen and oxygen atoms in total. The third-order valence-corrected chi connectivity index (χ3v) is 19.8. The molecule has 4 bridgehead atoms. The number of fused-ring (bicyclic) bond motifs is 3. The molecule has 0 N–H and O–H groups in total. The van der Waals surface area contributed by atoms with Crippen LogP contribution < -0.4 is 24.8 Å². The first-order valence-electron chi connectivity index (χ1n) is 16.2. The van der Waals surface area contributed by atoms with Crippen molar-refractivity contribution < 1.29 is 46.1 Å². The van der Waals surface area contributed by atoms with E-state index < -0.39 is 21.3 Å². The van der Waals surface area contributed by atoms with Crippen molar-refractivity contribution in [2.75, 3.05) is 0 Å². The molecule has 4 aromatic carbocycles. The summed E-state index contributed by atoms with van der Waals surface area (Å²) in [5, 5.41) is 0. The molecule has 0 aliphatic heterocycles. The molecule has 4 aromatic rings. The van der Waals surface area contributed by atoms with Gasteiger partial charge in [-0.1, -0.05) is 0 Å². The molecule has 4 fully saturated rings. The van der Waals surface area contributed by atoms with E-state index in [1.54, 1.807) is 14.3 Å². The first kappa shape index (κ1) is 30.4. The first-order valence-corrected chi connectivity index (χ1v) is 20.1. The summed E-state index contributed by atoms with van der Waals surface area (Å²) >= 11 is -2.71. The van der Waals surface area contributed by atoms with Crippen LogP contribution in [0.15, 0.2) is 130 Å². The average molecular weight is 693 g/mol. The van der Waals surface area contributed by atoms with Crippen LogP contribution in [-0.4, -0.2) is 3.21 Å². The molecule has 0 aromatic heterocycles. The average Bonchev–Trinajstić information content (AvgIpc) is 3.64. The molecule has 0 radical (unpaired) electrons. The summed E-state index contributed by atoms with van der Waals surface area (Å²) in [6.45, 7) is 0. The maximum atomic E-state index is 2.66. The van der Waals surface area contributed by atoms with E-state index >= 15 is 0 Å². The SMILES string of the molecule is C1=CC(C23CC4CC(CC(C4)C2)C3)=[C]([Zr+2](=[C](c2ccccc2)c2ccccc2)[CH]2c3ccccc3-c3ccccc32)C1.[Cl-].[Cl-]. The third kappa shape index (κ3) is 4.85. The second-order valence-corrected chi connectivity index (χ2v) is 20.0. The zero-order valence-corrected chi connectivity index (χ0v) is 29.0. The van der Waals surface area contributed by atoms with E-state index in [1.165, 1.54) is 60.8 Å². The molecular formula is C41H38Cl2Zr. The van der Waals surface area contributed by atoms with E-state index in [1.807, 2.05) is 8.85 Å². The van der Waals surface area contributed by atoms with Crippen LogP contribution in [0.5, 0.6) is 0 Å². The van der Waals surface area contributed by atoms with Crippen molar-refractivity contribution in [2.24, 2.45) is 23.2 Å². The molecule has 0 atom stereocenters. The van der Waals surface area contributed by atoms with Gasteiger partial charge in [-0.25, -0.2) is 0 Å². The molecule has 0 heterocycles. The van der Waals surface area contributed by atoms with Gasteiger partial charge in [0.1, 0.15) is 0 Å². The second-order valence-electron chi connectivity index (χ2n) is 13.8. The molecule has 44 heavy (non-hydrogen) atoms. The monoisotopic (exact) mass is 690 g/mol. The van der Waals surface area contributed by atoms with Crippen molar-refractivity contribution in [3.05, 3.63) is 152 Å². The summed E-state index contributed by atoms with van der Waals surface area (Å²) in [7, 11) is 0. The van der Waals surface area contributed by atoms with Crippen molar-refractivity contribution in [2.45, 2.75) is 48.6 Å². The van der Waals surface area contributed by atoms with E-state index in [0.717, 1.165) is 24.2 Å². The molecular weight excluding hydrogens is 655 g/mol. The minimum atomic E-state index is -2.71. The van der Waals surface area contributed by atoms with Gasteiger partial charge in [-0.05, 0) is 0 Å². The fourth-order valence-electron chi connectivity index (χ4n) is 10.3. The van der Waals surface area contributed by atoms with Gasteiger partial charge < -0.3 is 24.8 Å². The zero-order chi connectivity index (χ0) is 27.7. The molecule has 220 valence electrons. The first-order chi connectivity index (χ1) is 20.8. The van der Waals surface area contributed by atoms with Crippen LogP contribution in [-0.2, 0) is 21.3 Å². The van der Waals surface area contributed by atoms with Gasteiger partial charge in [-0.2, -0.15) is 0 Å². The second kappa shape index (κ2) is 12.1. The molecule has 0 amide bonds. The van der Waals surface area contributed by atoms with Gasteiger partial charge in [0.25, 0.3) is 0 Å². The van der Waals surface area contributed by atoms with Crippen LogP contribution in [0.1, 0.15) is 70.8 Å².